The number of halogens is 2. The van der Waals surface area contributed by atoms with Crippen LogP contribution in [0.4, 0.5) is 8.78 Å². The van der Waals surface area contributed by atoms with E-state index in [-0.39, 0.29) is 24.3 Å². The van der Waals surface area contributed by atoms with E-state index in [9.17, 15) is 13.6 Å². The van der Waals surface area contributed by atoms with Crippen LogP contribution in [-0.2, 0) is 18.4 Å². The number of aryl methyl sites for hydroxylation is 1. The van der Waals surface area contributed by atoms with Crippen LogP contribution < -0.4 is 4.74 Å². The molecule has 3 rings (SSSR count). The second-order valence-electron chi connectivity index (χ2n) is 5.64. The lowest BCUT2D eigenvalue weighted by atomic mass is 10.3. The highest BCUT2D eigenvalue weighted by Gasteiger charge is 2.33. The molecule has 1 heterocycles. The van der Waals surface area contributed by atoms with Crippen LogP contribution in [0.15, 0.2) is 30.6 Å². The van der Waals surface area contributed by atoms with Gasteiger partial charge in [-0.1, -0.05) is 0 Å². The molecule has 1 aliphatic carbocycles. The Morgan fingerprint density at radius 1 is 1.43 bits per heavy atom. The van der Waals surface area contributed by atoms with E-state index in [1.54, 1.807) is 15.8 Å². The van der Waals surface area contributed by atoms with E-state index >= 15 is 0 Å². The van der Waals surface area contributed by atoms with Crippen molar-refractivity contribution in [1.82, 2.24) is 14.7 Å². The molecule has 1 aliphatic rings. The van der Waals surface area contributed by atoms with Crippen molar-refractivity contribution in [2.75, 3.05) is 6.61 Å². The number of hydrogen-bond acceptors (Lipinski definition) is 3. The average molecular weight is 321 g/mol. The maximum Gasteiger partial charge on any atom is 0.261 e. The number of hydrogen-bond donors (Lipinski definition) is 0. The summed E-state index contributed by atoms with van der Waals surface area (Å²) in [5, 5.41) is 4.08. The van der Waals surface area contributed by atoms with Crippen molar-refractivity contribution in [3.63, 3.8) is 0 Å². The third-order valence-corrected chi connectivity index (χ3v) is 3.66. The standard InChI is InChI=1S/C16H17F2N3O2/c1-20-8-11(7-19-20)9-21(13-3-4-13)16(22)10-23-15-5-2-12(17)6-14(15)18/h2,5-8,13H,3-4,9-10H2,1H3. The highest BCUT2D eigenvalue weighted by molar-refractivity contribution is 5.78. The van der Waals surface area contributed by atoms with Crippen LogP contribution >= 0.6 is 0 Å². The normalized spacial score (nSPS) is 13.9. The van der Waals surface area contributed by atoms with Gasteiger partial charge in [-0.3, -0.25) is 9.48 Å². The predicted molar refractivity (Wildman–Crippen MR) is 78.6 cm³/mol. The Bertz CT molecular complexity index is 713. The summed E-state index contributed by atoms with van der Waals surface area (Å²) in [6, 6.07) is 3.20. The zero-order valence-electron chi connectivity index (χ0n) is 12.7. The first-order valence-electron chi connectivity index (χ1n) is 7.38. The smallest absolute Gasteiger partial charge is 0.261 e. The summed E-state index contributed by atoms with van der Waals surface area (Å²) in [6.07, 6.45) is 5.47. The number of ether oxygens (including phenoxy) is 1. The molecule has 122 valence electrons. The molecule has 1 fully saturated rings. The van der Waals surface area contributed by atoms with Gasteiger partial charge in [-0.05, 0) is 25.0 Å². The maximum absolute atomic E-state index is 13.5. The van der Waals surface area contributed by atoms with Crippen LogP contribution in [0.25, 0.3) is 0 Å². The molecule has 0 spiro atoms. The topological polar surface area (TPSA) is 47.4 Å². The first-order chi connectivity index (χ1) is 11.0. The molecular weight excluding hydrogens is 304 g/mol. The Labute approximate surface area is 132 Å². The van der Waals surface area contributed by atoms with Gasteiger partial charge in [0.2, 0.25) is 0 Å². The molecule has 0 atom stereocenters. The summed E-state index contributed by atoms with van der Waals surface area (Å²) < 4.78 is 33.3. The van der Waals surface area contributed by atoms with Crippen molar-refractivity contribution in [1.29, 1.82) is 0 Å². The Kier molecular flexibility index (Phi) is 4.27. The lowest BCUT2D eigenvalue weighted by molar-refractivity contribution is -0.134. The monoisotopic (exact) mass is 321 g/mol. The first-order valence-corrected chi connectivity index (χ1v) is 7.38. The van der Waals surface area contributed by atoms with Crippen molar-refractivity contribution in [3.8, 4) is 5.75 Å². The van der Waals surface area contributed by atoms with E-state index in [0.29, 0.717) is 6.54 Å². The van der Waals surface area contributed by atoms with Gasteiger partial charge in [0.1, 0.15) is 5.82 Å². The van der Waals surface area contributed by atoms with Crippen molar-refractivity contribution in [2.45, 2.75) is 25.4 Å². The van der Waals surface area contributed by atoms with Crippen LogP contribution in [-0.4, -0.2) is 33.2 Å². The van der Waals surface area contributed by atoms with Gasteiger partial charge in [-0.2, -0.15) is 5.10 Å². The molecule has 0 N–H and O–H groups in total. The van der Waals surface area contributed by atoms with Gasteiger partial charge >= 0.3 is 0 Å². The van der Waals surface area contributed by atoms with Crippen LogP contribution in [0.5, 0.6) is 5.75 Å². The number of carbonyl (C=O) groups excluding carboxylic acids is 1. The van der Waals surface area contributed by atoms with Crippen molar-refractivity contribution in [2.24, 2.45) is 7.05 Å². The third kappa shape index (κ3) is 3.85. The summed E-state index contributed by atoms with van der Waals surface area (Å²) in [5.41, 5.74) is 0.931. The fourth-order valence-electron chi connectivity index (χ4n) is 2.37. The fourth-order valence-corrected chi connectivity index (χ4v) is 2.37. The summed E-state index contributed by atoms with van der Waals surface area (Å²) in [7, 11) is 1.81. The Morgan fingerprint density at radius 3 is 2.83 bits per heavy atom. The van der Waals surface area contributed by atoms with Gasteiger partial charge in [0, 0.05) is 37.5 Å². The van der Waals surface area contributed by atoms with Crippen molar-refractivity contribution < 1.29 is 18.3 Å². The van der Waals surface area contributed by atoms with Crippen molar-refractivity contribution in [3.05, 3.63) is 47.8 Å². The molecule has 1 aromatic heterocycles. The zero-order valence-corrected chi connectivity index (χ0v) is 12.7. The van der Waals surface area contributed by atoms with E-state index in [1.807, 2.05) is 13.2 Å². The summed E-state index contributed by atoms with van der Waals surface area (Å²) in [6.45, 7) is 0.173. The Morgan fingerprint density at radius 2 is 2.22 bits per heavy atom. The van der Waals surface area contributed by atoms with Gasteiger partial charge in [0.25, 0.3) is 5.91 Å². The molecule has 0 bridgehead atoms. The number of benzene rings is 1. The highest BCUT2D eigenvalue weighted by Crippen LogP contribution is 2.28. The lowest BCUT2D eigenvalue weighted by Crippen LogP contribution is -2.36. The molecule has 23 heavy (non-hydrogen) atoms. The second kappa shape index (κ2) is 6.36. The van der Waals surface area contributed by atoms with Crippen LogP contribution in [0.3, 0.4) is 0 Å². The van der Waals surface area contributed by atoms with Crippen molar-refractivity contribution >= 4 is 5.91 Å². The van der Waals surface area contributed by atoms with E-state index in [2.05, 4.69) is 5.10 Å². The minimum atomic E-state index is -0.817. The highest BCUT2D eigenvalue weighted by atomic mass is 19.1. The Balaban J connectivity index is 1.62. The van der Waals surface area contributed by atoms with E-state index in [1.165, 1.54) is 6.07 Å². The van der Waals surface area contributed by atoms with Gasteiger partial charge in [-0.15, -0.1) is 0 Å². The quantitative estimate of drug-likeness (QED) is 0.820. The summed E-state index contributed by atoms with van der Waals surface area (Å²) >= 11 is 0. The molecule has 2 aromatic rings. The number of amides is 1. The van der Waals surface area contributed by atoms with Gasteiger partial charge < -0.3 is 9.64 Å². The largest absolute Gasteiger partial charge is 0.481 e. The minimum Gasteiger partial charge on any atom is -0.481 e. The zero-order chi connectivity index (χ0) is 16.4. The van der Waals surface area contributed by atoms with E-state index in [4.69, 9.17) is 4.74 Å². The molecule has 1 saturated carbocycles. The number of nitrogens with zero attached hydrogens (tertiary/aromatic N) is 3. The average Bonchev–Trinajstić information content (AvgIpc) is 3.26. The van der Waals surface area contributed by atoms with Crippen LogP contribution in [0, 0.1) is 11.6 Å². The molecule has 0 unspecified atom stereocenters. The van der Waals surface area contributed by atoms with Crippen LogP contribution in [0.2, 0.25) is 0 Å². The summed E-state index contributed by atoms with van der Waals surface area (Å²) in [5.74, 6) is -1.85. The first kappa shape index (κ1) is 15.5. The van der Waals surface area contributed by atoms with Gasteiger partial charge in [0.15, 0.2) is 18.2 Å². The number of carbonyl (C=O) groups is 1. The fraction of sp³-hybridized carbons (Fsp3) is 0.375. The van der Waals surface area contributed by atoms with Gasteiger partial charge in [0.05, 0.1) is 6.20 Å². The summed E-state index contributed by atoms with van der Waals surface area (Å²) in [4.78, 5) is 14.1. The molecule has 5 nitrogen and oxygen atoms in total. The lowest BCUT2D eigenvalue weighted by Gasteiger charge is -2.22. The van der Waals surface area contributed by atoms with E-state index < -0.39 is 11.6 Å². The molecule has 1 aromatic carbocycles. The van der Waals surface area contributed by atoms with Crippen LogP contribution in [0.1, 0.15) is 18.4 Å². The number of rotatable bonds is 6. The molecule has 0 aliphatic heterocycles. The third-order valence-electron chi connectivity index (χ3n) is 3.66. The maximum atomic E-state index is 13.5. The molecule has 1 amide bonds. The molecule has 7 heteroatoms. The van der Waals surface area contributed by atoms with E-state index in [0.717, 1.165) is 30.5 Å². The number of aromatic nitrogens is 2. The Hall–Kier alpha value is -2.44. The van der Waals surface area contributed by atoms with Gasteiger partial charge in [-0.25, -0.2) is 8.78 Å². The molecule has 0 saturated heterocycles. The predicted octanol–water partition coefficient (Wildman–Crippen LogP) is 2.27. The molecular formula is C16H17F2N3O2. The second-order valence-corrected chi connectivity index (χ2v) is 5.64. The minimum absolute atomic E-state index is 0.128. The molecule has 0 radical (unpaired) electrons. The SMILES string of the molecule is Cn1cc(CN(C(=O)COc2ccc(F)cc2F)C2CC2)cn1.